The van der Waals surface area contributed by atoms with Crippen LogP contribution in [0.4, 0.5) is 0 Å². The molecule has 0 saturated heterocycles. The molecule has 0 saturated carbocycles. The molecule has 0 aliphatic rings. The van der Waals surface area contributed by atoms with Gasteiger partial charge in [-0.3, -0.25) is 0 Å². The number of imidazole rings is 1. The molecule has 0 spiro atoms. The number of hydrogen-bond donors (Lipinski definition) is 0. The van der Waals surface area contributed by atoms with Crippen molar-refractivity contribution in [2.45, 2.75) is 5.16 Å². The Morgan fingerprint density at radius 2 is 2.21 bits per heavy atom. The van der Waals surface area contributed by atoms with Crippen molar-refractivity contribution in [1.29, 1.82) is 0 Å². The second kappa shape index (κ2) is 4.39. The third-order valence-corrected chi connectivity index (χ3v) is 3.34. The van der Waals surface area contributed by atoms with Gasteiger partial charge in [0.05, 0.1) is 0 Å². The average Bonchev–Trinajstić information content (AvgIpc) is 2.65. The van der Waals surface area contributed by atoms with Crippen LogP contribution in [0.25, 0.3) is 11.4 Å². The van der Waals surface area contributed by atoms with Gasteiger partial charge in [-0.1, -0.05) is 0 Å². The fraction of sp³-hybridized carbons (Fsp3) is 0.125. The van der Waals surface area contributed by atoms with Crippen LogP contribution in [0, 0.1) is 0 Å². The zero-order valence-corrected chi connectivity index (χ0v) is 12.9. The van der Waals surface area contributed by atoms with Crippen LogP contribution in [0.1, 0.15) is 0 Å². The summed E-state index contributed by atoms with van der Waals surface area (Å²) in [5.41, 5.74) is 1.81. The van der Waals surface area contributed by atoms with Crippen LogP contribution in [0.2, 0.25) is 0 Å². The standard InChI is InChI=1S/C8H7N4S.Tl/c1-13-8-10-3-2-6(12-8)7-4-9-5-11-7;/h2-5H,1H3;/q-1;+1. The van der Waals surface area contributed by atoms with E-state index in [1.807, 2.05) is 24.8 Å². The molecule has 4 nitrogen and oxygen atoms in total. The summed E-state index contributed by atoms with van der Waals surface area (Å²) in [4.78, 5) is 12.8. The summed E-state index contributed by atoms with van der Waals surface area (Å²) in [6.45, 7) is 0. The Labute approximate surface area is 102 Å². The van der Waals surface area contributed by atoms with Crippen molar-refractivity contribution in [2.24, 2.45) is 0 Å². The molecule has 0 N–H and O–H groups in total. The molecule has 68 valence electrons. The minimum atomic E-state index is 0.753. The summed E-state index contributed by atoms with van der Waals surface area (Å²) in [5.74, 6) is 0. The van der Waals surface area contributed by atoms with E-state index in [1.165, 1.54) is 11.8 Å². The van der Waals surface area contributed by atoms with Gasteiger partial charge in [-0.25, -0.2) is 0 Å². The van der Waals surface area contributed by atoms with Gasteiger partial charge in [-0.2, -0.15) is 0 Å². The van der Waals surface area contributed by atoms with Crippen molar-refractivity contribution in [3.8, 4) is 11.4 Å². The molecule has 0 amide bonds. The fourth-order valence-corrected chi connectivity index (χ4v) is 2.21. The van der Waals surface area contributed by atoms with E-state index in [2.05, 4.69) is 17.3 Å². The zero-order chi connectivity index (χ0) is 9.97. The van der Waals surface area contributed by atoms with Crippen LogP contribution < -0.4 is 0 Å². The van der Waals surface area contributed by atoms with Gasteiger partial charge in [0.15, 0.2) is 0 Å². The van der Waals surface area contributed by atoms with Crippen molar-refractivity contribution in [3.63, 3.8) is 0 Å². The van der Waals surface area contributed by atoms with E-state index in [-0.39, 0.29) is 0 Å². The van der Waals surface area contributed by atoms with Crippen LogP contribution in [-0.4, -0.2) is 49.6 Å². The van der Waals surface area contributed by atoms with E-state index < -0.39 is 0 Å². The maximum absolute atomic E-state index is 4.37. The Morgan fingerprint density at radius 1 is 1.36 bits per heavy atom. The van der Waals surface area contributed by atoms with Crippen molar-refractivity contribution in [1.82, 2.24) is 17.3 Å². The van der Waals surface area contributed by atoms with Gasteiger partial charge in [0.1, 0.15) is 0 Å². The predicted octanol–water partition coefficient (Wildman–Crippen LogP) is 0.994. The van der Waals surface area contributed by atoms with Gasteiger partial charge < -0.3 is 0 Å². The summed E-state index contributed by atoms with van der Waals surface area (Å²) in [7, 11) is 0. The molecule has 0 radical (unpaired) electrons. The van der Waals surface area contributed by atoms with E-state index in [9.17, 15) is 0 Å². The van der Waals surface area contributed by atoms with E-state index in [4.69, 9.17) is 0 Å². The van der Waals surface area contributed by atoms with Gasteiger partial charge in [0, 0.05) is 0 Å². The molecule has 2 rings (SSSR count). The summed E-state index contributed by atoms with van der Waals surface area (Å²) < 4.78 is 2.07. The Kier molecular flexibility index (Phi) is 3.16. The Balaban J connectivity index is 2.41. The van der Waals surface area contributed by atoms with E-state index in [0.717, 1.165) is 42.6 Å². The van der Waals surface area contributed by atoms with Gasteiger partial charge in [-0.05, 0) is 0 Å². The molecule has 2 heterocycles. The molecule has 6 heteroatoms. The summed E-state index contributed by atoms with van der Waals surface area (Å²) >= 11 is 2.29. The Bertz CT molecular complexity index is 442. The van der Waals surface area contributed by atoms with Gasteiger partial charge >= 0.3 is 103 Å². The minimum absolute atomic E-state index is 0.753. The van der Waals surface area contributed by atoms with Crippen LogP contribution in [0.5, 0.6) is 0 Å². The topological polar surface area (TPSA) is 43.6 Å². The van der Waals surface area contributed by atoms with Crippen molar-refractivity contribution >= 4 is 37.8 Å². The van der Waals surface area contributed by atoms with E-state index in [0.29, 0.717) is 0 Å². The average molecular weight is 396 g/mol. The first-order valence-electron chi connectivity index (χ1n) is 3.96. The van der Waals surface area contributed by atoms with Crippen LogP contribution in [-0.2, 0) is 0 Å². The number of hydrogen-bond acceptors (Lipinski definition) is 4. The van der Waals surface area contributed by atoms with Crippen LogP contribution in [0.15, 0.2) is 29.9 Å². The number of rotatable bonds is 2. The fourth-order valence-electron chi connectivity index (χ4n) is 1.05. The zero-order valence-electron chi connectivity index (χ0n) is 7.58. The number of aromatic nitrogens is 4. The first-order chi connectivity index (χ1) is 6.79. The second-order valence-electron chi connectivity index (χ2n) is 2.63. The van der Waals surface area contributed by atoms with Gasteiger partial charge in [-0.15, -0.1) is 0 Å². The monoisotopic (exact) mass is 396 g/mol. The maximum atomic E-state index is 4.37. The number of thioether (sulfide) groups is 1. The normalized spacial score (nSPS) is 10.3. The molecule has 0 bridgehead atoms. The summed E-state index contributed by atoms with van der Waals surface area (Å²) in [6, 6.07) is 1.88. The molecule has 0 fully saturated rings. The van der Waals surface area contributed by atoms with E-state index in [1.54, 1.807) is 6.20 Å². The molecule has 0 unspecified atom stereocenters. The Morgan fingerprint density at radius 3 is 2.86 bits per heavy atom. The first kappa shape index (κ1) is 10.1. The molecule has 14 heavy (non-hydrogen) atoms. The summed E-state index contributed by atoms with van der Waals surface area (Å²) in [5, 5.41) is 0.785. The molecular weight excluding hydrogens is 389 g/mol. The molecule has 0 atom stereocenters. The van der Waals surface area contributed by atoms with Crippen molar-refractivity contribution in [2.75, 3.05) is 6.26 Å². The molecule has 0 aliphatic heterocycles. The molecular formula is C8H7N4STl. The van der Waals surface area contributed by atoms with Crippen LogP contribution >= 0.6 is 11.8 Å². The van der Waals surface area contributed by atoms with Crippen molar-refractivity contribution in [3.05, 3.63) is 24.8 Å². The summed E-state index contributed by atoms with van der Waals surface area (Å²) in [6.07, 6.45) is 7.58. The van der Waals surface area contributed by atoms with Gasteiger partial charge in [0.2, 0.25) is 0 Å². The molecule has 2 aromatic rings. The van der Waals surface area contributed by atoms with E-state index >= 15 is 0 Å². The second-order valence-corrected chi connectivity index (χ2v) is 5.73. The van der Waals surface area contributed by atoms with Crippen LogP contribution in [0.3, 0.4) is 0 Å². The number of nitrogens with zero attached hydrogens (tertiary/aromatic N) is 4. The predicted molar refractivity (Wildman–Crippen MR) is 56.2 cm³/mol. The SMILES string of the molecule is CSc1nccc(-c2c[n]([Tl])cn2)n1. The third-order valence-electron chi connectivity index (χ3n) is 1.68. The third kappa shape index (κ3) is 2.14. The molecule has 0 aromatic carbocycles. The van der Waals surface area contributed by atoms with Gasteiger partial charge in [0.25, 0.3) is 0 Å². The molecule has 2 aromatic heterocycles. The quantitative estimate of drug-likeness (QED) is 0.432. The molecule has 0 aliphatic carbocycles. The van der Waals surface area contributed by atoms with Crippen molar-refractivity contribution < 1.29 is 0 Å². The first-order valence-corrected chi connectivity index (χ1v) is 7.19. The Hall–Kier alpha value is -0.438.